The first-order valence-electron chi connectivity index (χ1n) is 12.1. The molecule has 1 aliphatic carbocycles. The maximum absolute atomic E-state index is 6.43. The van der Waals surface area contributed by atoms with E-state index in [1.54, 1.807) is 0 Å². The van der Waals surface area contributed by atoms with E-state index >= 15 is 0 Å². The van der Waals surface area contributed by atoms with Crippen molar-refractivity contribution in [2.45, 2.75) is 45.1 Å². The molecule has 3 nitrogen and oxygen atoms in total. The number of fused-ring (bicyclic) bond motifs is 1. The summed E-state index contributed by atoms with van der Waals surface area (Å²) in [5, 5.41) is 3.75. The second-order valence-corrected chi connectivity index (χ2v) is 8.89. The van der Waals surface area contributed by atoms with E-state index in [0.717, 1.165) is 48.4 Å². The Bertz CT molecular complexity index is 1180. The Balaban J connectivity index is 1.33. The molecule has 0 saturated heterocycles. The second-order valence-electron chi connectivity index (χ2n) is 8.89. The molecule has 5 rings (SSSR count). The van der Waals surface area contributed by atoms with Crippen LogP contribution in [-0.2, 0) is 32.6 Å². The van der Waals surface area contributed by atoms with E-state index in [1.807, 2.05) is 24.3 Å². The third-order valence-electron chi connectivity index (χ3n) is 6.43. The van der Waals surface area contributed by atoms with Crippen LogP contribution in [0.5, 0.6) is 11.5 Å². The average molecular weight is 450 g/mol. The Labute approximate surface area is 202 Å². The third kappa shape index (κ3) is 5.67. The summed E-state index contributed by atoms with van der Waals surface area (Å²) in [5.74, 6) is 1.73. The molecule has 0 spiro atoms. The van der Waals surface area contributed by atoms with Crippen LogP contribution in [0.2, 0.25) is 0 Å². The fourth-order valence-corrected chi connectivity index (χ4v) is 4.57. The standard InChI is InChI=1S/C31H31NO2/c1-4-10-24(11-5-1)21-32-28-17-18-29-27(20-28)16-19-30(33-22-25-12-6-2-7-13-25)31(29)34-23-26-14-8-3-9-15-26/h1-16,19,28,32H,17-18,20-23H2/t28-/m1/s1. The summed E-state index contributed by atoms with van der Waals surface area (Å²) in [7, 11) is 0. The highest BCUT2D eigenvalue weighted by Crippen LogP contribution is 2.39. The fraction of sp³-hybridized carbons (Fsp3) is 0.226. The van der Waals surface area contributed by atoms with Crippen LogP contribution in [0.25, 0.3) is 0 Å². The monoisotopic (exact) mass is 449 g/mol. The average Bonchev–Trinajstić information content (AvgIpc) is 2.91. The van der Waals surface area contributed by atoms with Crippen molar-refractivity contribution in [2.24, 2.45) is 0 Å². The molecule has 0 amide bonds. The van der Waals surface area contributed by atoms with Gasteiger partial charge < -0.3 is 14.8 Å². The lowest BCUT2D eigenvalue weighted by Crippen LogP contribution is -2.34. The molecule has 0 bridgehead atoms. The zero-order chi connectivity index (χ0) is 23.0. The number of nitrogens with one attached hydrogen (secondary N) is 1. The summed E-state index contributed by atoms with van der Waals surface area (Å²) in [6.45, 7) is 1.97. The molecule has 172 valence electrons. The minimum Gasteiger partial charge on any atom is -0.485 e. The van der Waals surface area contributed by atoms with Crippen LogP contribution in [0.15, 0.2) is 103 Å². The minimum atomic E-state index is 0.464. The van der Waals surface area contributed by atoms with Crippen LogP contribution in [-0.4, -0.2) is 6.04 Å². The van der Waals surface area contributed by atoms with Crippen LogP contribution >= 0.6 is 0 Å². The Morgan fingerprint density at radius 1 is 0.647 bits per heavy atom. The lowest BCUT2D eigenvalue weighted by molar-refractivity contribution is 0.252. The first kappa shape index (κ1) is 22.2. The van der Waals surface area contributed by atoms with E-state index < -0.39 is 0 Å². The third-order valence-corrected chi connectivity index (χ3v) is 6.43. The van der Waals surface area contributed by atoms with E-state index in [0.29, 0.717) is 19.3 Å². The van der Waals surface area contributed by atoms with Gasteiger partial charge in [-0.05, 0) is 47.6 Å². The van der Waals surface area contributed by atoms with Crippen molar-refractivity contribution in [2.75, 3.05) is 0 Å². The minimum absolute atomic E-state index is 0.464. The van der Waals surface area contributed by atoms with Gasteiger partial charge in [-0.3, -0.25) is 0 Å². The van der Waals surface area contributed by atoms with Gasteiger partial charge in [0.2, 0.25) is 0 Å². The number of rotatable bonds is 9. The molecule has 0 fully saturated rings. The smallest absolute Gasteiger partial charge is 0.165 e. The van der Waals surface area contributed by atoms with Gasteiger partial charge in [-0.2, -0.15) is 0 Å². The van der Waals surface area contributed by atoms with Crippen LogP contribution in [0.1, 0.15) is 34.2 Å². The van der Waals surface area contributed by atoms with E-state index in [4.69, 9.17) is 9.47 Å². The van der Waals surface area contributed by atoms with Gasteiger partial charge in [-0.15, -0.1) is 0 Å². The molecular formula is C31H31NO2. The van der Waals surface area contributed by atoms with Crippen molar-refractivity contribution < 1.29 is 9.47 Å². The van der Waals surface area contributed by atoms with Crippen molar-refractivity contribution in [3.8, 4) is 11.5 Å². The van der Waals surface area contributed by atoms with E-state index in [1.165, 1.54) is 16.7 Å². The molecule has 0 unspecified atom stereocenters. The summed E-state index contributed by atoms with van der Waals surface area (Å²) in [6, 6.07) is 36.0. The van der Waals surface area contributed by atoms with Crippen molar-refractivity contribution >= 4 is 0 Å². The zero-order valence-corrected chi connectivity index (χ0v) is 19.5. The van der Waals surface area contributed by atoms with Gasteiger partial charge in [0, 0.05) is 18.2 Å². The summed E-state index contributed by atoms with van der Waals surface area (Å²) < 4.78 is 12.7. The Morgan fingerprint density at radius 3 is 1.88 bits per heavy atom. The highest BCUT2D eigenvalue weighted by atomic mass is 16.5. The van der Waals surface area contributed by atoms with Crippen LogP contribution < -0.4 is 14.8 Å². The van der Waals surface area contributed by atoms with Crippen LogP contribution in [0.4, 0.5) is 0 Å². The Morgan fingerprint density at radius 2 is 1.24 bits per heavy atom. The lowest BCUT2D eigenvalue weighted by Gasteiger charge is -2.28. The van der Waals surface area contributed by atoms with Crippen LogP contribution in [0, 0.1) is 0 Å². The predicted octanol–water partition coefficient (Wildman–Crippen LogP) is 6.49. The van der Waals surface area contributed by atoms with Gasteiger partial charge in [-0.25, -0.2) is 0 Å². The molecule has 0 aromatic heterocycles. The predicted molar refractivity (Wildman–Crippen MR) is 137 cm³/mol. The van der Waals surface area contributed by atoms with Crippen LogP contribution in [0.3, 0.4) is 0 Å². The molecule has 0 aliphatic heterocycles. The summed E-state index contributed by atoms with van der Waals surface area (Å²) in [5.41, 5.74) is 6.28. The molecule has 4 aromatic rings. The second kappa shape index (κ2) is 11.0. The molecular weight excluding hydrogens is 418 g/mol. The van der Waals surface area contributed by atoms with Gasteiger partial charge in [-0.1, -0.05) is 97.1 Å². The number of benzene rings is 4. The van der Waals surface area contributed by atoms with Gasteiger partial charge in [0.25, 0.3) is 0 Å². The first-order chi connectivity index (χ1) is 16.8. The topological polar surface area (TPSA) is 30.5 Å². The van der Waals surface area contributed by atoms with Crippen molar-refractivity contribution in [3.05, 3.63) is 131 Å². The highest BCUT2D eigenvalue weighted by Gasteiger charge is 2.24. The molecule has 0 saturated carbocycles. The summed E-state index contributed by atoms with van der Waals surface area (Å²) in [6.07, 6.45) is 3.07. The number of hydrogen-bond donors (Lipinski definition) is 1. The number of ether oxygens (including phenoxy) is 2. The summed E-state index contributed by atoms with van der Waals surface area (Å²) >= 11 is 0. The maximum atomic E-state index is 6.43. The lowest BCUT2D eigenvalue weighted by atomic mass is 9.87. The van der Waals surface area contributed by atoms with Crippen molar-refractivity contribution in [1.29, 1.82) is 0 Å². The molecule has 1 N–H and O–H groups in total. The molecule has 0 radical (unpaired) electrons. The first-order valence-corrected chi connectivity index (χ1v) is 12.1. The number of hydrogen-bond acceptors (Lipinski definition) is 3. The van der Waals surface area contributed by atoms with Gasteiger partial charge >= 0.3 is 0 Å². The van der Waals surface area contributed by atoms with Gasteiger partial charge in [0.15, 0.2) is 11.5 Å². The molecule has 1 atom stereocenters. The summed E-state index contributed by atoms with van der Waals surface area (Å²) in [4.78, 5) is 0. The Hall–Kier alpha value is -3.56. The molecule has 0 heterocycles. The molecule has 4 aromatic carbocycles. The van der Waals surface area contributed by atoms with E-state index in [2.05, 4.69) is 84.2 Å². The maximum Gasteiger partial charge on any atom is 0.165 e. The Kier molecular flexibility index (Phi) is 7.22. The molecule has 3 heteroatoms. The quantitative estimate of drug-likeness (QED) is 0.317. The van der Waals surface area contributed by atoms with Gasteiger partial charge in [0.05, 0.1) is 0 Å². The SMILES string of the molecule is c1ccc(CN[C@@H]2CCc3c(ccc(OCc4ccccc4)c3OCc3ccccc3)C2)cc1. The van der Waals surface area contributed by atoms with Crippen molar-refractivity contribution in [3.63, 3.8) is 0 Å². The molecule has 34 heavy (non-hydrogen) atoms. The fourth-order valence-electron chi connectivity index (χ4n) is 4.57. The van der Waals surface area contributed by atoms with E-state index in [9.17, 15) is 0 Å². The molecule has 1 aliphatic rings. The zero-order valence-electron chi connectivity index (χ0n) is 19.5. The van der Waals surface area contributed by atoms with E-state index in [-0.39, 0.29) is 0 Å². The van der Waals surface area contributed by atoms with Gasteiger partial charge in [0.1, 0.15) is 13.2 Å². The highest BCUT2D eigenvalue weighted by molar-refractivity contribution is 5.52. The van der Waals surface area contributed by atoms with Crippen molar-refractivity contribution in [1.82, 2.24) is 5.32 Å². The largest absolute Gasteiger partial charge is 0.485 e. The normalized spacial score (nSPS) is 14.9.